The lowest BCUT2D eigenvalue weighted by Crippen LogP contribution is -2.12. The Hall–Kier alpha value is -1.66. The fraction of sp³-hybridized carbons (Fsp3) is 0.400. The zero-order chi connectivity index (χ0) is 12.1. The van der Waals surface area contributed by atoms with Gasteiger partial charge in [0.15, 0.2) is 5.75 Å². The number of benzene rings is 1. The SMILES string of the molecule is NCCC[C@H](N)c1ccc(O)c([N+](=O)[O-])c1. The Balaban J connectivity index is 2.89. The molecule has 0 amide bonds. The molecule has 1 aromatic rings. The van der Waals surface area contributed by atoms with Crippen molar-refractivity contribution in [1.82, 2.24) is 0 Å². The van der Waals surface area contributed by atoms with Crippen molar-refractivity contribution in [2.45, 2.75) is 18.9 Å². The maximum atomic E-state index is 10.6. The summed E-state index contributed by atoms with van der Waals surface area (Å²) < 4.78 is 0. The number of rotatable bonds is 5. The fourth-order valence-corrected chi connectivity index (χ4v) is 1.42. The summed E-state index contributed by atoms with van der Waals surface area (Å²) >= 11 is 0. The summed E-state index contributed by atoms with van der Waals surface area (Å²) in [6.07, 6.45) is 1.42. The molecular weight excluding hydrogens is 210 g/mol. The molecule has 0 radical (unpaired) electrons. The molecule has 0 saturated carbocycles. The fourth-order valence-electron chi connectivity index (χ4n) is 1.42. The lowest BCUT2D eigenvalue weighted by Gasteiger charge is -2.11. The lowest BCUT2D eigenvalue weighted by atomic mass is 10.0. The third-order valence-electron chi connectivity index (χ3n) is 2.34. The van der Waals surface area contributed by atoms with E-state index < -0.39 is 4.92 Å². The van der Waals surface area contributed by atoms with Crippen molar-refractivity contribution in [2.75, 3.05) is 6.54 Å². The van der Waals surface area contributed by atoms with Crippen LogP contribution in [0.2, 0.25) is 0 Å². The zero-order valence-electron chi connectivity index (χ0n) is 8.80. The molecule has 88 valence electrons. The molecule has 6 nitrogen and oxygen atoms in total. The van der Waals surface area contributed by atoms with Crippen molar-refractivity contribution < 1.29 is 10.0 Å². The number of nitrogens with two attached hydrogens (primary N) is 2. The van der Waals surface area contributed by atoms with E-state index in [0.29, 0.717) is 18.5 Å². The van der Waals surface area contributed by atoms with Gasteiger partial charge in [0.2, 0.25) is 0 Å². The van der Waals surface area contributed by atoms with Crippen molar-refractivity contribution in [3.05, 3.63) is 33.9 Å². The molecule has 6 heteroatoms. The van der Waals surface area contributed by atoms with Crippen molar-refractivity contribution in [3.8, 4) is 5.75 Å². The number of hydrogen-bond acceptors (Lipinski definition) is 5. The highest BCUT2D eigenvalue weighted by molar-refractivity contribution is 5.48. The summed E-state index contributed by atoms with van der Waals surface area (Å²) in [4.78, 5) is 9.96. The number of hydrogen-bond donors (Lipinski definition) is 3. The molecule has 0 aliphatic carbocycles. The van der Waals surface area contributed by atoms with Crippen LogP contribution in [-0.2, 0) is 0 Å². The molecule has 0 fully saturated rings. The third kappa shape index (κ3) is 2.91. The van der Waals surface area contributed by atoms with Crippen molar-refractivity contribution in [1.29, 1.82) is 0 Å². The van der Waals surface area contributed by atoms with Gasteiger partial charge in [-0.2, -0.15) is 0 Å². The van der Waals surface area contributed by atoms with E-state index in [1.54, 1.807) is 6.07 Å². The molecule has 0 spiro atoms. The first kappa shape index (κ1) is 12.4. The maximum Gasteiger partial charge on any atom is 0.311 e. The Bertz CT molecular complexity index is 382. The quantitative estimate of drug-likeness (QED) is 0.511. The van der Waals surface area contributed by atoms with Gasteiger partial charge in [-0.05, 0) is 31.0 Å². The number of phenolic OH excluding ortho intramolecular Hbond substituents is 1. The number of aromatic hydroxyl groups is 1. The van der Waals surface area contributed by atoms with Gasteiger partial charge in [-0.15, -0.1) is 0 Å². The molecule has 0 saturated heterocycles. The molecule has 16 heavy (non-hydrogen) atoms. The first-order valence-corrected chi connectivity index (χ1v) is 4.99. The van der Waals surface area contributed by atoms with Crippen LogP contribution in [0.1, 0.15) is 24.4 Å². The number of phenols is 1. The van der Waals surface area contributed by atoms with Crippen LogP contribution in [0.3, 0.4) is 0 Å². The van der Waals surface area contributed by atoms with Crippen molar-refractivity contribution in [2.24, 2.45) is 11.5 Å². The minimum atomic E-state index is -0.630. The molecule has 1 atom stereocenters. The topological polar surface area (TPSA) is 115 Å². The average molecular weight is 225 g/mol. The summed E-state index contributed by atoms with van der Waals surface area (Å²) in [5, 5.41) is 19.9. The van der Waals surface area contributed by atoms with Gasteiger partial charge in [0.25, 0.3) is 0 Å². The highest BCUT2D eigenvalue weighted by atomic mass is 16.6. The van der Waals surface area contributed by atoms with E-state index in [2.05, 4.69) is 0 Å². The number of nitrogens with zero attached hydrogens (tertiary/aromatic N) is 1. The molecule has 1 rings (SSSR count). The Morgan fingerprint density at radius 3 is 2.75 bits per heavy atom. The largest absolute Gasteiger partial charge is 0.502 e. The predicted molar refractivity (Wildman–Crippen MR) is 60.0 cm³/mol. The standard InChI is InChI=1S/C10H15N3O3/c11-5-1-2-8(12)7-3-4-10(14)9(6-7)13(15)16/h3-4,6,8,14H,1-2,5,11-12H2/t8-/m0/s1. The second-order valence-corrected chi connectivity index (χ2v) is 3.54. The lowest BCUT2D eigenvalue weighted by molar-refractivity contribution is -0.385. The highest BCUT2D eigenvalue weighted by Crippen LogP contribution is 2.29. The minimum Gasteiger partial charge on any atom is -0.502 e. The summed E-state index contributed by atoms with van der Waals surface area (Å²) in [7, 11) is 0. The van der Waals surface area contributed by atoms with Crippen LogP contribution in [0.5, 0.6) is 5.75 Å². The Kier molecular flexibility index (Phi) is 4.21. The maximum absolute atomic E-state index is 10.6. The smallest absolute Gasteiger partial charge is 0.311 e. The molecule has 5 N–H and O–H groups in total. The molecule has 0 unspecified atom stereocenters. The van der Waals surface area contributed by atoms with Crippen LogP contribution in [0.4, 0.5) is 5.69 Å². The van der Waals surface area contributed by atoms with E-state index in [1.807, 2.05) is 0 Å². The third-order valence-corrected chi connectivity index (χ3v) is 2.34. The van der Waals surface area contributed by atoms with Crippen molar-refractivity contribution in [3.63, 3.8) is 0 Å². The molecule has 0 aromatic heterocycles. The summed E-state index contributed by atoms with van der Waals surface area (Å²) in [6.45, 7) is 0.536. The molecule has 0 aliphatic heterocycles. The molecule has 0 bridgehead atoms. The van der Waals surface area contributed by atoms with Crippen LogP contribution < -0.4 is 11.5 Å². The number of nitro benzene ring substituents is 1. The van der Waals surface area contributed by atoms with Crippen LogP contribution >= 0.6 is 0 Å². The Morgan fingerprint density at radius 1 is 1.50 bits per heavy atom. The Labute approximate surface area is 93.0 Å². The van der Waals surface area contributed by atoms with E-state index in [1.165, 1.54) is 12.1 Å². The van der Waals surface area contributed by atoms with Crippen LogP contribution in [0, 0.1) is 10.1 Å². The first-order chi connectivity index (χ1) is 7.56. The van der Waals surface area contributed by atoms with Gasteiger partial charge < -0.3 is 16.6 Å². The van der Waals surface area contributed by atoms with Gasteiger partial charge in [-0.1, -0.05) is 6.07 Å². The molecule has 1 aromatic carbocycles. The summed E-state index contributed by atoms with van der Waals surface area (Å²) in [6, 6.07) is 3.89. The van der Waals surface area contributed by atoms with Crippen LogP contribution in [0.25, 0.3) is 0 Å². The van der Waals surface area contributed by atoms with Gasteiger partial charge in [0, 0.05) is 12.1 Å². The predicted octanol–water partition coefficient (Wildman–Crippen LogP) is 1.04. The van der Waals surface area contributed by atoms with Crippen LogP contribution in [0.15, 0.2) is 18.2 Å². The van der Waals surface area contributed by atoms with Gasteiger partial charge in [0.1, 0.15) is 0 Å². The van der Waals surface area contributed by atoms with E-state index in [4.69, 9.17) is 11.5 Å². The van der Waals surface area contributed by atoms with Crippen LogP contribution in [-0.4, -0.2) is 16.6 Å². The van der Waals surface area contributed by atoms with Gasteiger partial charge in [-0.3, -0.25) is 10.1 Å². The van der Waals surface area contributed by atoms with Crippen molar-refractivity contribution >= 4 is 5.69 Å². The van der Waals surface area contributed by atoms with E-state index in [-0.39, 0.29) is 17.5 Å². The monoisotopic (exact) mass is 225 g/mol. The second-order valence-electron chi connectivity index (χ2n) is 3.54. The summed E-state index contributed by atoms with van der Waals surface area (Å²) in [5.41, 5.74) is 11.5. The highest BCUT2D eigenvalue weighted by Gasteiger charge is 2.16. The summed E-state index contributed by atoms with van der Waals surface area (Å²) in [5.74, 6) is -0.347. The van der Waals surface area contributed by atoms with E-state index >= 15 is 0 Å². The van der Waals surface area contributed by atoms with Gasteiger partial charge in [0.05, 0.1) is 4.92 Å². The Morgan fingerprint density at radius 2 is 2.19 bits per heavy atom. The molecular formula is C10H15N3O3. The second kappa shape index (κ2) is 5.43. The van der Waals surface area contributed by atoms with Gasteiger partial charge >= 0.3 is 5.69 Å². The molecule has 0 heterocycles. The first-order valence-electron chi connectivity index (χ1n) is 4.99. The van der Waals surface area contributed by atoms with E-state index in [9.17, 15) is 15.2 Å². The molecule has 0 aliphatic rings. The average Bonchev–Trinajstić information content (AvgIpc) is 2.26. The zero-order valence-corrected chi connectivity index (χ0v) is 8.80. The minimum absolute atomic E-state index is 0.289. The number of nitro groups is 1. The normalized spacial score (nSPS) is 12.4. The van der Waals surface area contributed by atoms with E-state index in [0.717, 1.165) is 6.42 Å². The van der Waals surface area contributed by atoms with Gasteiger partial charge in [-0.25, -0.2) is 0 Å².